The van der Waals surface area contributed by atoms with Crippen LogP contribution in [0.1, 0.15) is 48.2 Å². The number of hydrogen-bond acceptors (Lipinski definition) is 3. The van der Waals surface area contributed by atoms with Gasteiger partial charge in [-0.3, -0.25) is 0 Å². The Balaban J connectivity index is 1.75. The summed E-state index contributed by atoms with van der Waals surface area (Å²) in [6.07, 6.45) is 0.899. The molecule has 3 aromatic rings. The quantitative estimate of drug-likeness (QED) is 0.694. The third-order valence-electron chi connectivity index (χ3n) is 5.93. The summed E-state index contributed by atoms with van der Waals surface area (Å²) in [6, 6.07) is 13.5. The van der Waals surface area contributed by atoms with Crippen LogP contribution in [0.25, 0.3) is 10.9 Å². The van der Waals surface area contributed by atoms with Crippen LogP contribution in [0.4, 0.5) is 0 Å². The normalized spacial score (nSPS) is 21.9. The van der Waals surface area contributed by atoms with Crippen LogP contribution in [0.5, 0.6) is 11.5 Å². The lowest BCUT2D eigenvalue weighted by molar-refractivity contribution is 0.353. The molecule has 142 valence electrons. The smallest absolute Gasteiger partial charge is 0.160 e. The van der Waals surface area contributed by atoms with Crippen molar-refractivity contribution in [3.63, 3.8) is 0 Å². The van der Waals surface area contributed by atoms with Gasteiger partial charge in [0.05, 0.1) is 20.3 Å². The molecule has 27 heavy (non-hydrogen) atoms. The largest absolute Gasteiger partial charge is 0.493 e. The molecule has 0 radical (unpaired) electrons. The lowest BCUT2D eigenvalue weighted by Crippen LogP contribution is -2.40. The van der Waals surface area contributed by atoms with Gasteiger partial charge in [-0.1, -0.05) is 24.6 Å². The number of methoxy groups -OCH3 is 2. The number of fused-ring (bicyclic) bond motifs is 3. The van der Waals surface area contributed by atoms with Gasteiger partial charge in [0.25, 0.3) is 0 Å². The fraction of sp³-hybridized carbons (Fsp3) is 0.391. The summed E-state index contributed by atoms with van der Waals surface area (Å²) in [5.74, 6) is 2.01. The summed E-state index contributed by atoms with van der Waals surface area (Å²) < 4.78 is 10.9. The summed E-state index contributed by atoms with van der Waals surface area (Å²) in [5, 5.41) is 5.17. The molecule has 1 aromatic heterocycles. The Bertz CT molecular complexity index is 976. The molecule has 2 N–H and O–H groups in total. The highest BCUT2D eigenvalue weighted by molar-refractivity contribution is 5.86. The molecule has 0 saturated carbocycles. The van der Waals surface area contributed by atoms with Crippen molar-refractivity contribution in [3.8, 4) is 11.5 Å². The van der Waals surface area contributed by atoms with E-state index in [9.17, 15) is 0 Å². The van der Waals surface area contributed by atoms with Gasteiger partial charge in [0.15, 0.2) is 11.5 Å². The number of aromatic amines is 1. The first-order valence-electron chi connectivity index (χ1n) is 9.61. The maximum Gasteiger partial charge on any atom is 0.160 e. The van der Waals surface area contributed by atoms with E-state index in [2.05, 4.69) is 61.4 Å². The van der Waals surface area contributed by atoms with E-state index in [0.717, 1.165) is 17.9 Å². The van der Waals surface area contributed by atoms with Crippen LogP contribution in [0, 0.1) is 6.92 Å². The molecule has 0 amide bonds. The van der Waals surface area contributed by atoms with E-state index < -0.39 is 0 Å². The van der Waals surface area contributed by atoms with Crippen molar-refractivity contribution >= 4 is 10.9 Å². The number of ether oxygens (including phenoxy) is 2. The first kappa shape index (κ1) is 17.9. The van der Waals surface area contributed by atoms with Gasteiger partial charge in [-0.25, -0.2) is 0 Å². The first-order chi connectivity index (χ1) is 13.0. The maximum absolute atomic E-state index is 5.48. The molecule has 0 unspecified atom stereocenters. The van der Waals surface area contributed by atoms with Gasteiger partial charge in [0.1, 0.15) is 0 Å². The van der Waals surface area contributed by atoms with Crippen molar-refractivity contribution < 1.29 is 9.47 Å². The summed E-state index contributed by atoms with van der Waals surface area (Å²) in [7, 11) is 3.35. The molecule has 0 aliphatic carbocycles. The van der Waals surface area contributed by atoms with Crippen molar-refractivity contribution in [3.05, 3.63) is 58.8 Å². The number of H-pyrrole nitrogens is 1. The van der Waals surface area contributed by atoms with E-state index >= 15 is 0 Å². The van der Waals surface area contributed by atoms with Crippen molar-refractivity contribution in [1.29, 1.82) is 0 Å². The molecular weight excluding hydrogens is 336 g/mol. The predicted molar refractivity (Wildman–Crippen MR) is 110 cm³/mol. The summed E-state index contributed by atoms with van der Waals surface area (Å²) >= 11 is 0. The minimum absolute atomic E-state index is 0.247. The monoisotopic (exact) mass is 364 g/mol. The van der Waals surface area contributed by atoms with Crippen LogP contribution < -0.4 is 14.8 Å². The highest BCUT2D eigenvalue weighted by Gasteiger charge is 2.32. The summed E-state index contributed by atoms with van der Waals surface area (Å²) in [5.41, 5.74) is 6.54. The second-order valence-electron chi connectivity index (χ2n) is 7.69. The van der Waals surface area contributed by atoms with Gasteiger partial charge < -0.3 is 19.8 Å². The van der Waals surface area contributed by atoms with Crippen LogP contribution in [0.15, 0.2) is 36.4 Å². The summed E-state index contributed by atoms with van der Waals surface area (Å²) in [6.45, 7) is 6.76. The zero-order valence-corrected chi connectivity index (χ0v) is 16.7. The maximum atomic E-state index is 5.48. The average molecular weight is 364 g/mol. The second-order valence-corrected chi connectivity index (χ2v) is 7.69. The zero-order valence-electron chi connectivity index (χ0n) is 16.7. The molecule has 2 heterocycles. The molecule has 0 fully saturated rings. The Morgan fingerprint density at radius 3 is 2.48 bits per heavy atom. The number of aryl methyl sites for hydroxylation is 1. The van der Waals surface area contributed by atoms with Crippen molar-refractivity contribution in [1.82, 2.24) is 10.3 Å². The Hall–Kier alpha value is -2.46. The molecule has 3 atom stereocenters. The second kappa shape index (κ2) is 6.93. The van der Waals surface area contributed by atoms with Crippen molar-refractivity contribution in [2.45, 2.75) is 45.2 Å². The van der Waals surface area contributed by atoms with Gasteiger partial charge in [-0.15, -0.1) is 0 Å². The van der Waals surface area contributed by atoms with Crippen LogP contribution in [0.2, 0.25) is 0 Å². The molecule has 1 aliphatic rings. The Morgan fingerprint density at radius 2 is 1.74 bits per heavy atom. The fourth-order valence-corrected chi connectivity index (χ4v) is 4.31. The lowest BCUT2D eigenvalue weighted by Gasteiger charge is -2.34. The van der Waals surface area contributed by atoms with E-state index in [1.165, 1.54) is 33.3 Å². The Morgan fingerprint density at radius 1 is 0.963 bits per heavy atom. The molecule has 4 nitrogen and oxygen atoms in total. The van der Waals surface area contributed by atoms with E-state index in [1.807, 2.05) is 6.07 Å². The summed E-state index contributed by atoms with van der Waals surface area (Å²) in [4.78, 5) is 3.70. The third kappa shape index (κ3) is 3.08. The Kier molecular flexibility index (Phi) is 4.60. The zero-order chi connectivity index (χ0) is 19.1. The number of hydrogen-bond donors (Lipinski definition) is 2. The third-order valence-corrected chi connectivity index (χ3v) is 5.93. The van der Waals surface area contributed by atoms with Gasteiger partial charge >= 0.3 is 0 Å². The topological polar surface area (TPSA) is 46.3 Å². The highest BCUT2D eigenvalue weighted by atomic mass is 16.5. The Labute approximate surface area is 160 Å². The van der Waals surface area contributed by atoms with Gasteiger partial charge in [-0.2, -0.15) is 0 Å². The number of nitrogens with one attached hydrogen (secondary N) is 2. The van der Waals surface area contributed by atoms with E-state index in [-0.39, 0.29) is 6.04 Å². The number of aromatic nitrogens is 1. The predicted octanol–water partition coefficient (Wildman–Crippen LogP) is 4.87. The molecular formula is C23H28N2O2. The van der Waals surface area contributed by atoms with Crippen LogP contribution >= 0.6 is 0 Å². The molecule has 4 rings (SSSR count). The standard InChI is InChI=1S/C23H28N2O2/c1-13-6-8-18-17(10-13)22-14(2)15(3)24-19(23(22)25-18)11-16-7-9-20(26-4)21(12-16)27-5/h6-10,12,14-15,19,24-25H,11H2,1-5H3/t14-,15-,19+/m1/s1. The highest BCUT2D eigenvalue weighted by Crippen LogP contribution is 2.40. The van der Waals surface area contributed by atoms with Crippen LogP contribution in [-0.2, 0) is 6.42 Å². The number of rotatable bonds is 4. The van der Waals surface area contributed by atoms with E-state index in [1.54, 1.807) is 14.2 Å². The molecule has 4 heteroatoms. The minimum atomic E-state index is 0.247. The van der Waals surface area contributed by atoms with Gasteiger partial charge in [0, 0.05) is 22.6 Å². The number of benzene rings is 2. The van der Waals surface area contributed by atoms with E-state index in [4.69, 9.17) is 9.47 Å². The van der Waals surface area contributed by atoms with Crippen LogP contribution in [-0.4, -0.2) is 25.2 Å². The van der Waals surface area contributed by atoms with Crippen LogP contribution in [0.3, 0.4) is 0 Å². The van der Waals surface area contributed by atoms with Crippen molar-refractivity contribution in [2.75, 3.05) is 14.2 Å². The van der Waals surface area contributed by atoms with Gasteiger partial charge in [-0.05, 0) is 61.6 Å². The molecule has 0 spiro atoms. The molecule has 0 saturated heterocycles. The van der Waals surface area contributed by atoms with Crippen molar-refractivity contribution in [2.24, 2.45) is 0 Å². The first-order valence-corrected chi connectivity index (χ1v) is 9.61. The molecule has 1 aliphatic heterocycles. The van der Waals surface area contributed by atoms with Gasteiger partial charge in [0.2, 0.25) is 0 Å². The average Bonchev–Trinajstić information content (AvgIpc) is 3.04. The SMILES string of the molecule is COc1ccc(C[C@@H]2N[C@H](C)[C@@H](C)c3c2[nH]c2ccc(C)cc32)cc1OC. The molecule has 0 bridgehead atoms. The van der Waals surface area contributed by atoms with E-state index in [0.29, 0.717) is 12.0 Å². The minimum Gasteiger partial charge on any atom is -0.493 e. The molecule has 2 aromatic carbocycles. The fourth-order valence-electron chi connectivity index (χ4n) is 4.31. The lowest BCUT2D eigenvalue weighted by atomic mass is 9.84.